The summed E-state index contributed by atoms with van der Waals surface area (Å²) in [5.74, 6) is 5.08. The van der Waals surface area contributed by atoms with Crippen molar-refractivity contribution in [3.05, 3.63) is 0 Å². The molecule has 3 rings (SSSR count). The molecule has 0 N–H and O–H groups in total. The highest BCUT2D eigenvalue weighted by Gasteiger charge is 2.34. The minimum absolute atomic E-state index is 0.886. The zero-order valence-electron chi connectivity index (χ0n) is 21.3. The molecule has 2 unspecified atom stereocenters. The molecule has 3 saturated carbocycles. The highest BCUT2D eigenvalue weighted by atomic mass is 14.4. The van der Waals surface area contributed by atoms with Crippen molar-refractivity contribution in [3.63, 3.8) is 0 Å². The molecule has 0 heteroatoms. The van der Waals surface area contributed by atoms with Gasteiger partial charge in [0.1, 0.15) is 0 Å². The molecule has 29 heavy (non-hydrogen) atoms. The maximum Gasteiger partial charge on any atom is -0.0352 e. The minimum Gasteiger partial charge on any atom is -0.0683 e. The third-order valence-electron chi connectivity index (χ3n) is 8.03. The van der Waals surface area contributed by atoms with Crippen LogP contribution in [0.1, 0.15) is 157 Å². The van der Waals surface area contributed by atoms with Crippen molar-refractivity contribution in [2.45, 2.75) is 157 Å². The summed E-state index contributed by atoms with van der Waals surface area (Å²) < 4.78 is 0. The van der Waals surface area contributed by atoms with Crippen LogP contribution in [-0.2, 0) is 0 Å². The van der Waals surface area contributed by atoms with Gasteiger partial charge in [-0.2, -0.15) is 0 Å². The van der Waals surface area contributed by atoms with Crippen LogP contribution in [0.15, 0.2) is 0 Å². The molecule has 2 atom stereocenters. The van der Waals surface area contributed by atoms with Gasteiger partial charge in [-0.1, -0.05) is 150 Å². The number of rotatable bonds is 6. The Morgan fingerprint density at radius 1 is 0.517 bits per heavy atom. The lowest BCUT2D eigenvalue weighted by Gasteiger charge is -2.40. The van der Waals surface area contributed by atoms with Crippen molar-refractivity contribution in [3.8, 4) is 0 Å². The molecule has 0 saturated heterocycles. The molecule has 0 bridgehead atoms. The van der Waals surface area contributed by atoms with Crippen LogP contribution in [0.5, 0.6) is 0 Å². The van der Waals surface area contributed by atoms with Gasteiger partial charge in [0.25, 0.3) is 0 Å². The first-order valence-electron chi connectivity index (χ1n) is 14.2. The van der Waals surface area contributed by atoms with Crippen LogP contribution in [0, 0.1) is 29.6 Å². The second-order valence-electron chi connectivity index (χ2n) is 10.6. The average Bonchev–Trinajstić information content (AvgIpc) is 3.07. The Morgan fingerprint density at radius 2 is 0.828 bits per heavy atom. The van der Waals surface area contributed by atoms with Crippen LogP contribution >= 0.6 is 0 Å². The highest BCUT2D eigenvalue weighted by Crippen LogP contribution is 2.44. The lowest BCUT2D eigenvalue weighted by molar-refractivity contribution is 0.0972. The molecule has 0 nitrogen and oxygen atoms in total. The first-order valence-corrected chi connectivity index (χ1v) is 14.2. The Labute approximate surface area is 186 Å². The molecular weight excluding hydrogens is 348 g/mol. The van der Waals surface area contributed by atoms with Crippen LogP contribution < -0.4 is 0 Å². The van der Waals surface area contributed by atoms with Gasteiger partial charge in [0, 0.05) is 0 Å². The van der Waals surface area contributed by atoms with Gasteiger partial charge in [-0.3, -0.25) is 0 Å². The summed E-state index contributed by atoms with van der Waals surface area (Å²) in [5.41, 5.74) is 0. The first-order chi connectivity index (χ1) is 14.2. The fraction of sp³-hybridized carbons (Fsp3) is 1.00. The minimum atomic E-state index is 0.886. The largest absolute Gasteiger partial charge is 0.0683 e. The van der Waals surface area contributed by atoms with Crippen LogP contribution in [0.3, 0.4) is 0 Å². The third-order valence-corrected chi connectivity index (χ3v) is 8.03. The zero-order chi connectivity index (χ0) is 21.3. The quantitative estimate of drug-likeness (QED) is 0.385. The fourth-order valence-corrected chi connectivity index (χ4v) is 6.61. The van der Waals surface area contributed by atoms with E-state index in [0.717, 1.165) is 29.6 Å². The fourth-order valence-electron chi connectivity index (χ4n) is 6.61. The van der Waals surface area contributed by atoms with Gasteiger partial charge >= 0.3 is 0 Å². The standard InChI is InChI=1S/C21H40.C6H12.C2H6/c1-4-20(18-12-8-5-6-9-13-18)21(16-17(2)3)19-14-10-7-11-15-19;1-2-4-6-5-3-1;1-2/h17-21H,4-16H2,1-3H3;1-6H2;1-2H3. The summed E-state index contributed by atoms with van der Waals surface area (Å²) in [7, 11) is 0. The summed E-state index contributed by atoms with van der Waals surface area (Å²) in [6.07, 6.45) is 28.7. The smallest absolute Gasteiger partial charge is 0.0352 e. The SMILES string of the molecule is C1CCCCC1.CC.CCC(C1CCCCCC1)C(CC(C)C)C1CCCCC1. The Kier molecular flexibility index (Phi) is 16.5. The first kappa shape index (κ1) is 27.0. The molecule has 3 aliphatic rings. The summed E-state index contributed by atoms with van der Waals surface area (Å²) in [5, 5.41) is 0. The molecule has 0 heterocycles. The van der Waals surface area contributed by atoms with Crippen LogP contribution in [0.2, 0.25) is 0 Å². The molecule has 0 radical (unpaired) electrons. The summed E-state index contributed by atoms with van der Waals surface area (Å²) >= 11 is 0. The molecule has 174 valence electrons. The van der Waals surface area contributed by atoms with Crippen molar-refractivity contribution >= 4 is 0 Å². The molecule has 0 aromatic heterocycles. The summed E-state index contributed by atoms with van der Waals surface area (Å²) in [6.45, 7) is 11.4. The van der Waals surface area contributed by atoms with Crippen LogP contribution in [0.25, 0.3) is 0 Å². The maximum absolute atomic E-state index is 2.49. The molecule has 0 aromatic rings. The monoisotopic (exact) mass is 406 g/mol. The van der Waals surface area contributed by atoms with E-state index in [9.17, 15) is 0 Å². The molecule has 0 spiro atoms. The molecule has 3 aliphatic carbocycles. The van der Waals surface area contributed by atoms with E-state index < -0.39 is 0 Å². The van der Waals surface area contributed by atoms with E-state index in [1.54, 1.807) is 25.7 Å². The Bertz CT molecular complexity index is 314. The van der Waals surface area contributed by atoms with Crippen molar-refractivity contribution in [2.75, 3.05) is 0 Å². The maximum atomic E-state index is 2.49. The predicted molar refractivity (Wildman–Crippen MR) is 134 cm³/mol. The predicted octanol–water partition coefficient (Wildman–Crippen LogP) is 10.6. The van der Waals surface area contributed by atoms with Crippen molar-refractivity contribution in [1.29, 1.82) is 0 Å². The van der Waals surface area contributed by atoms with Gasteiger partial charge in [0.15, 0.2) is 0 Å². The Morgan fingerprint density at radius 3 is 1.17 bits per heavy atom. The van der Waals surface area contributed by atoms with E-state index in [2.05, 4.69) is 20.8 Å². The van der Waals surface area contributed by atoms with Gasteiger partial charge in [-0.15, -0.1) is 0 Å². The van der Waals surface area contributed by atoms with Crippen molar-refractivity contribution in [1.82, 2.24) is 0 Å². The second-order valence-corrected chi connectivity index (χ2v) is 10.6. The van der Waals surface area contributed by atoms with E-state index in [1.165, 1.54) is 96.3 Å². The average molecular weight is 407 g/mol. The van der Waals surface area contributed by atoms with Gasteiger partial charge in [0.2, 0.25) is 0 Å². The van der Waals surface area contributed by atoms with Gasteiger partial charge in [-0.05, 0) is 36.0 Å². The third kappa shape index (κ3) is 11.3. The lowest BCUT2D eigenvalue weighted by Crippen LogP contribution is -2.31. The van der Waals surface area contributed by atoms with E-state index in [-0.39, 0.29) is 0 Å². The van der Waals surface area contributed by atoms with Gasteiger partial charge in [0.05, 0.1) is 0 Å². The number of hydrogen-bond acceptors (Lipinski definition) is 0. The lowest BCUT2D eigenvalue weighted by atomic mass is 9.65. The van der Waals surface area contributed by atoms with E-state index in [0.29, 0.717) is 0 Å². The van der Waals surface area contributed by atoms with Crippen LogP contribution in [0.4, 0.5) is 0 Å². The van der Waals surface area contributed by atoms with Crippen molar-refractivity contribution < 1.29 is 0 Å². The Balaban J connectivity index is 0.000000442. The van der Waals surface area contributed by atoms with E-state index in [4.69, 9.17) is 0 Å². The molecule has 0 aliphatic heterocycles. The zero-order valence-corrected chi connectivity index (χ0v) is 21.3. The Hall–Kier alpha value is 0. The topological polar surface area (TPSA) is 0 Å². The molecule has 0 aromatic carbocycles. The van der Waals surface area contributed by atoms with Gasteiger partial charge in [-0.25, -0.2) is 0 Å². The van der Waals surface area contributed by atoms with Gasteiger partial charge < -0.3 is 0 Å². The number of hydrogen-bond donors (Lipinski definition) is 0. The van der Waals surface area contributed by atoms with E-state index in [1.807, 2.05) is 13.8 Å². The van der Waals surface area contributed by atoms with Crippen LogP contribution in [-0.4, -0.2) is 0 Å². The van der Waals surface area contributed by atoms with Crippen molar-refractivity contribution in [2.24, 2.45) is 29.6 Å². The molecule has 3 fully saturated rings. The summed E-state index contributed by atoms with van der Waals surface area (Å²) in [6, 6.07) is 0. The molecular formula is C29H58. The highest BCUT2D eigenvalue weighted by molar-refractivity contribution is 4.84. The summed E-state index contributed by atoms with van der Waals surface area (Å²) in [4.78, 5) is 0. The second kappa shape index (κ2) is 17.7. The normalized spacial score (nSPS) is 23.8. The molecule has 0 amide bonds. The van der Waals surface area contributed by atoms with E-state index >= 15 is 0 Å².